The van der Waals surface area contributed by atoms with E-state index in [2.05, 4.69) is 25.3 Å². The molecule has 30 heavy (non-hydrogen) atoms. The van der Waals surface area contributed by atoms with Crippen LogP contribution < -0.4 is 16.0 Å². The third kappa shape index (κ3) is 3.35. The summed E-state index contributed by atoms with van der Waals surface area (Å²) in [5.41, 5.74) is 9.04. The summed E-state index contributed by atoms with van der Waals surface area (Å²) in [5, 5.41) is 3.67. The molecule has 0 saturated carbocycles. The first-order valence-corrected chi connectivity index (χ1v) is 9.58. The first-order valence-electron chi connectivity index (χ1n) is 9.58. The molecule has 1 aromatic carbocycles. The van der Waals surface area contributed by atoms with Crippen LogP contribution >= 0.6 is 0 Å². The predicted octanol–water partition coefficient (Wildman–Crippen LogP) is 1.82. The molecule has 0 atom stereocenters. The number of nitrogens with two attached hydrogens (primary N) is 1. The third-order valence-electron chi connectivity index (χ3n) is 5.16. The number of imidazole rings is 1. The van der Waals surface area contributed by atoms with Crippen molar-refractivity contribution in [3.8, 4) is 11.3 Å². The number of rotatable bonds is 4. The van der Waals surface area contributed by atoms with Crippen LogP contribution in [0.5, 0.6) is 0 Å². The van der Waals surface area contributed by atoms with Gasteiger partial charge in [-0.15, -0.1) is 0 Å². The highest BCUT2D eigenvalue weighted by Crippen LogP contribution is 2.23. The van der Waals surface area contributed by atoms with E-state index >= 15 is 0 Å². The number of aryl methyl sites for hydroxylation is 1. The molecule has 0 spiro atoms. The van der Waals surface area contributed by atoms with Crippen LogP contribution in [0.25, 0.3) is 22.2 Å². The Bertz CT molecular complexity index is 1240. The van der Waals surface area contributed by atoms with E-state index in [-0.39, 0.29) is 17.9 Å². The molecular formula is C21H20N8O. The Balaban J connectivity index is 1.39. The van der Waals surface area contributed by atoms with E-state index in [0.717, 1.165) is 41.1 Å². The smallest absolute Gasteiger partial charge is 0.258 e. The summed E-state index contributed by atoms with van der Waals surface area (Å²) in [7, 11) is 1.94. The molecule has 1 aliphatic heterocycles. The standard InChI is InChI=1S/C21H20N8O/c1-28-12-23-9-18(28)13-2-3-15-8-25-21(26-17(15)6-13)27-20(30)14-4-5-24-19(7-14)29-10-16(22)11-29/h2-9,12,16H,10-11,22H2,1H3,(H,25,26,27,30). The maximum absolute atomic E-state index is 12.7. The number of pyridine rings is 1. The fourth-order valence-electron chi connectivity index (χ4n) is 3.48. The first kappa shape index (κ1) is 18.2. The molecule has 1 amide bonds. The number of hydrogen-bond donors (Lipinski definition) is 2. The maximum atomic E-state index is 12.7. The van der Waals surface area contributed by atoms with Gasteiger partial charge in [-0.3, -0.25) is 10.1 Å². The monoisotopic (exact) mass is 400 g/mol. The average molecular weight is 400 g/mol. The SMILES string of the molecule is Cn1cncc1-c1ccc2cnc(NC(=O)c3ccnc(N4CC(N)C4)c3)nc2c1. The number of nitrogens with zero attached hydrogens (tertiary/aromatic N) is 6. The molecule has 0 radical (unpaired) electrons. The van der Waals surface area contributed by atoms with Crippen molar-refractivity contribution in [3.63, 3.8) is 0 Å². The number of anilines is 2. The number of hydrogen-bond acceptors (Lipinski definition) is 7. The summed E-state index contributed by atoms with van der Waals surface area (Å²) in [6.07, 6.45) is 6.87. The van der Waals surface area contributed by atoms with Gasteiger partial charge in [-0.25, -0.2) is 19.9 Å². The minimum Gasteiger partial charge on any atom is -0.353 e. The van der Waals surface area contributed by atoms with Crippen LogP contribution in [0.4, 0.5) is 11.8 Å². The molecule has 9 heteroatoms. The van der Waals surface area contributed by atoms with E-state index < -0.39 is 0 Å². The molecule has 150 valence electrons. The number of amides is 1. The van der Waals surface area contributed by atoms with Crippen molar-refractivity contribution in [1.29, 1.82) is 0 Å². The summed E-state index contributed by atoms with van der Waals surface area (Å²) < 4.78 is 1.94. The Hall–Kier alpha value is -3.85. The van der Waals surface area contributed by atoms with E-state index in [9.17, 15) is 4.79 Å². The fourth-order valence-corrected chi connectivity index (χ4v) is 3.48. The third-order valence-corrected chi connectivity index (χ3v) is 5.16. The topological polar surface area (TPSA) is 115 Å². The van der Waals surface area contributed by atoms with Crippen molar-refractivity contribution in [1.82, 2.24) is 24.5 Å². The van der Waals surface area contributed by atoms with Gasteiger partial charge in [0.2, 0.25) is 5.95 Å². The first-order chi connectivity index (χ1) is 14.6. The summed E-state index contributed by atoms with van der Waals surface area (Å²) in [6, 6.07) is 9.49. The number of carbonyl (C=O) groups is 1. The zero-order chi connectivity index (χ0) is 20.7. The van der Waals surface area contributed by atoms with E-state index in [0.29, 0.717) is 5.56 Å². The number of aromatic nitrogens is 5. The van der Waals surface area contributed by atoms with Crippen molar-refractivity contribution in [3.05, 3.63) is 60.8 Å². The highest BCUT2D eigenvalue weighted by atomic mass is 16.1. The number of fused-ring (bicyclic) bond motifs is 1. The van der Waals surface area contributed by atoms with Gasteiger partial charge in [0.25, 0.3) is 5.91 Å². The lowest BCUT2D eigenvalue weighted by Crippen LogP contribution is -2.56. The molecule has 4 heterocycles. The molecule has 3 aromatic heterocycles. The minimum atomic E-state index is -0.286. The highest BCUT2D eigenvalue weighted by molar-refractivity contribution is 6.04. The fraction of sp³-hybridized carbons (Fsp3) is 0.190. The predicted molar refractivity (Wildman–Crippen MR) is 114 cm³/mol. The zero-order valence-corrected chi connectivity index (χ0v) is 16.4. The maximum Gasteiger partial charge on any atom is 0.258 e. The summed E-state index contributed by atoms with van der Waals surface area (Å²) >= 11 is 0. The van der Waals surface area contributed by atoms with E-state index in [1.165, 1.54) is 0 Å². The Morgan fingerprint density at radius 1 is 1.17 bits per heavy atom. The van der Waals surface area contributed by atoms with Gasteiger partial charge < -0.3 is 15.2 Å². The van der Waals surface area contributed by atoms with Crippen LogP contribution in [0.2, 0.25) is 0 Å². The number of carbonyl (C=O) groups excluding carboxylic acids is 1. The Morgan fingerprint density at radius 2 is 2.03 bits per heavy atom. The van der Waals surface area contributed by atoms with Gasteiger partial charge in [0.15, 0.2) is 0 Å². The van der Waals surface area contributed by atoms with Gasteiger partial charge in [-0.1, -0.05) is 12.1 Å². The molecule has 5 rings (SSSR count). The molecule has 4 aromatic rings. The van der Waals surface area contributed by atoms with Gasteiger partial charge >= 0.3 is 0 Å². The van der Waals surface area contributed by atoms with Crippen molar-refractivity contribution in [2.24, 2.45) is 12.8 Å². The van der Waals surface area contributed by atoms with Gasteiger partial charge in [0.05, 0.1) is 23.7 Å². The summed E-state index contributed by atoms with van der Waals surface area (Å²) in [6.45, 7) is 1.48. The van der Waals surface area contributed by atoms with Gasteiger partial charge in [0.1, 0.15) is 5.82 Å². The molecule has 1 saturated heterocycles. The lowest BCUT2D eigenvalue weighted by Gasteiger charge is -2.37. The number of benzene rings is 1. The lowest BCUT2D eigenvalue weighted by atomic mass is 10.1. The van der Waals surface area contributed by atoms with Crippen LogP contribution in [-0.4, -0.2) is 49.5 Å². The van der Waals surface area contributed by atoms with Crippen molar-refractivity contribution < 1.29 is 4.79 Å². The normalized spacial score (nSPS) is 14.0. The molecule has 1 aliphatic rings. The quantitative estimate of drug-likeness (QED) is 0.537. The second kappa shape index (κ2) is 7.20. The highest BCUT2D eigenvalue weighted by Gasteiger charge is 2.24. The van der Waals surface area contributed by atoms with Crippen LogP contribution in [0.3, 0.4) is 0 Å². The van der Waals surface area contributed by atoms with Crippen LogP contribution in [0, 0.1) is 0 Å². The second-order valence-electron chi connectivity index (χ2n) is 7.38. The van der Waals surface area contributed by atoms with Crippen LogP contribution in [0.1, 0.15) is 10.4 Å². The lowest BCUT2D eigenvalue weighted by molar-refractivity contribution is 0.102. The second-order valence-corrected chi connectivity index (χ2v) is 7.38. The molecular weight excluding hydrogens is 380 g/mol. The Morgan fingerprint density at radius 3 is 2.80 bits per heavy atom. The average Bonchev–Trinajstić information content (AvgIpc) is 3.17. The Labute approximate surface area is 172 Å². The van der Waals surface area contributed by atoms with Crippen molar-refractivity contribution >= 4 is 28.6 Å². The van der Waals surface area contributed by atoms with Crippen LogP contribution in [-0.2, 0) is 7.05 Å². The Kier molecular flexibility index (Phi) is 4.36. The molecule has 0 aliphatic carbocycles. The largest absolute Gasteiger partial charge is 0.353 e. The molecule has 0 bridgehead atoms. The van der Waals surface area contributed by atoms with E-state index in [4.69, 9.17) is 5.73 Å². The summed E-state index contributed by atoms with van der Waals surface area (Å²) in [5.74, 6) is 0.703. The zero-order valence-electron chi connectivity index (χ0n) is 16.4. The van der Waals surface area contributed by atoms with Gasteiger partial charge in [-0.2, -0.15) is 0 Å². The van der Waals surface area contributed by atoms with Crippen molar-refractivity contribution in [2.45, 2.75) is 6.04 Å². The van der Waals surface area contributed by atoms with Gasteiger partial charge in [-0.05, 0) is 18.2 Å². The molecule has 1 fully saturated rings. The number of nitrogens with one attached hydrogen (secondary N) is 1. The molecule has 0 unspecified atom stereocenters. The van der Waals surface area contributed by atoms with E-state index in [1.54, 1.807) is 37.1 Å². The summed E-state index contributed by atoms with van der Waals surface area (Å²) in [4.78, 5) is 32.0. The molecule has 9 nitrogen and oxygen atoms in total. The van der Waals surface area contributed by atoms with E-state index in [1.807, 2.05) is 34.7 Å². The molecule has 3 N–H and O–H groups in total. The van der Waals surface area contributed by atoms with Crippen LogP contribution in [0.15, 0.2) is 55.2 Å². The van der Waals surface area contributed by atoms with Gasteiger partial charge in [0, 0.05) is 55.1 Å². The van der Waals surface area contributed by atoms with Crippen molar-refractivity contribution in [2.75, 3.05) is 23.3 Å². The minimum absolute atomic E-state index is 0.159.